The van der Waals surface area contributed by atoms with Crippen LogP contribution in [0.25, 0.3) is 0 Å². The molecule has 0 aromatic heterocycles. The lowest BCUT2D eigenvalue weighted by Gasteiger charge is -2.44. The van der Waals surface area contributed by atoms with Crippen LogP contribution < -0.4 is 0 Å². The summed E-state index contributed by atoms with van der Waals surface area (Å²) < 4.78 is 35.0. The second-order valence-corrected chi connectivity index (χ2v) is 11.6. The highest BCUT2D eigenvalue weighted by Gasteiger charge is 2.42. The second-order valence-electron chi connectivity index (χ2n) is 9.04. The largest absolute Gasteiger partial charge is 0.382 e. The summed E-state index contributed by atoms with van der Waals surface area (Å²) in [5.41, 5.74) is 0.132. The highest BCUT2D eigenvalue weighted by molar-refractivity contribution is 7.53. The third kappa shape index (κ3) is 6.56. The number of rotatable bonds is 8. The van der Waals surface area contributed by atoms with Crippen LogP contribution in [0.1, 0.15) is 33.6 Å². The first kappa shape index (κ1) is 24.4. The van der Waals surface area contributed by atoms with Crippen LogP contribution in [-0.2, 0) is 18.6 Å². The molecule has 0 saturated carbocycles. The van der Waals surface area contributed by atoms with Crippen LogP contribution in [0, 0.1) is 5.41 Å². The Bertz CT molecular complexity index is 545. The fraction of sp³-hybridized carbons (Fsp3) is 1.00. The van der Waals surface area contributed by atoms with E-state index in [2.05, 4.69) is 25.7 Å². The van der Waals surface area contributed by atoms with Crippen molar-refractivity contribution in [3.8, 4) is 0 Å². The van der Waals surface area contributed by atoms with Crippen LogP contribution in [-0.4, -0.2) is 108 Å². The Morgan fingerprint density at radius 2 is 1.71 bits per heavy atom. The summed E-state index contributed by atoms with van der Waals surface area (Å²) in [7, 11) is 14.3. The van der Waals surface area contributed by atoms with E-state index >= 15 is 0 Å². The first-order chi connectivity index (χ1) is 12.9. The Labute approximate surface area is 173 Å². The fourth-order valence-corrected chi connectivity index (χ4v) is 5.73. The summed E-state index contributed by atoms with van der Waals surface area (Å²) in [5, 5.41) is 0. The van der Waals surface area contributed by atoms with Crippen molar-refractivity contribution in [2.75, 3.05) is 53.9 Å². The Hall–Kier alpha value is 0.120. The van der Waals surface area contributed by atoms with Crippen molar-refractivity contribution < 1.29 is 18.6 Å². The third-order valence-corrected chi connectivity index (χ3v) is 8.11. The van der Waals surface area contributed by atoms with E-state index in [0.717, 1.165) is 12.8 Å². The minimum atomic E-state index is -3.25. The molecule has 0 amide bonds. The summed E-state index contributed by atoms with van der Waals surface area (Å²) in [5.74, 6) is 0. The lowest BCUT2D eigenvalue weighted by molar-refractivity contribution is -0.0680. The van der Waals surface area contributed by atoms with Gasteiger partial charge in [0.25, 0.3) is 0 Å². The molecule has 0 spiro atoms. The van der Waals surface area contributed by atoms with Gasteiger partial charge < -0.3 is 18.9 Å². The molecule has 0 bridgehead atoms. The van der Waals surface area contributed by atoms with Crippen molar-refractivity contribution >= 4 is 23.4 Å². The molecule has 2 fully saturated rings. The standard InChI is InChI=1S/C18H36B2N3O4P/c1-7-18(2,3)8-14-10-23(12-17(20)26-14)28(24,21(4)5)25-13-15-9-22(6)11-16(19)27-15/h14-17H,7-13H2,1-6H3. The van der Waals surface area contributed by atoms with E-state index in [1.54, 1.807) is 18.8 Å². The minimum absolute atomic E-state index is 0.0824. The molecule has 0 aliphatic carbocycles. The van der Waals surface area contributed by atoms with Crippen molar-refractivity contribution in [3.63, 3.8) is 0 Å². The van der Waals surface area contributed by atoms with Crippen molar-refractivity contribution in [2.45, 2.75) is 57.8 Å². The lowest BCUT2D eigenvalue weighted by Crippen LogP contribution is -2.50. The van der Waals surface area contributed by atoms with E-state index in [4.69, 9.17) is 29.7 Å². The molecule has 7 nitrogen and oxygen atoms in total. The predicted molar refractivity (Wildman–Crippen MR) is 114 cm³/mol. The Balaban J connectivity index is 2.06. The second kappa shape index (κ2) is 9.95. The van der Waals surface area contributed by atoms with Gasteiger partial charge in [0.2, 0.25) is 0 Å². The average Bonchev–Trinajstić information content (AvgIpc) is 2.57. The molecule has 2 saturated heterocycles. The van der Waals surface area contributed by atoms with Crippen LogP contribution in [0.5, 0.6) is 0 Å². The molecule has 28 heavy (non-hydrogen) atoms. The number of ether oxygens (including phenoxy) is 2. The van der Waals surface area contributed by atoms with Gasteiger partial charge in [0.1, 0.15) is 15.7 Å². The van der Waals surface area contributed by atoms with Gasteiger partial charge in [-0.25, -0.2) is 9.34 Å². The molecule has 5 atom stereocenters. The molecule has 0 N–H and O–H groups in total. The van der Waals surface area contributed by atoms with E-state index in [1.807, 2.05) is 11.7 Å². The van der Waals surface area contributed by atoms with Gasteiger partial charge in [-0.3, -0.25) is 4.57 Å². The van der Waals surface area contributed by atoms with E-state index in [-0.39, 0.29) is 30.2 Å². The Kier molecular flexibility index (Phi) is 8.67. The SMILES string of the molecule is [B]C1CN(C)CC(COP(=O)(N(C)C)N2CC([B])OC(CC(C)(C)CC)C2)O1. The normalized spacial score (nSPS) is 33.1. The molecule has 0 aromatic carbocycles. The lowest BCUT2D eigenvalue weighted by atomic mass is 9.83. The van der Waals surface area contributed by atoms with Crippen molar-refractivity contribution in [3.05, 3.63) is 0 Å². The maximum Gasteiger partial charge on any atom is 0.345 e. The summed E-state index contributed by atoms with van der Waals surface area (Å²) >= 11 is 0. The van der Waals surface area contributed by atoms with Gasteiger partial charge in [-0.15, -0.1) is 0 Å². The zero-order valence-corrected chi connectivity index (χ0v) is 19.2. The van der Waals surface area contributed by atoms with E-state index in [9.17, 15) is 4.57 Å². The highest BCUT2D eigenvalue weighted by Crippen LogP contribution is 2.54. The summed E-state index contributed by atoms with van der Waals surface area (Å²) in [6, 6.07) is -0.850. The van der Waals surface area contributed by atoms with Crippen molar-refractivity contribution in [2.24, 2.45) is 5.41 Å². The van der Waals surface area contributed by atoms with E-state index < -0.39 is 13.7 Å². The fourth-order valence-electron chi connectivity index (χ4n) is 3.72. The number of hydrogen-bond acceptors (Lipinski definition) is 5. The van der Waals surface area contributed by atoms with Gasteiger partial charge >= 0.3 is 7.67 Å². The van der Waals surface area contributed by atoms with Crippen LogP contribution in [0.3, 0.4) is 0 Å². The minimum Gasteiger partial charge on any atom is -0.382 e. The monoisotopic (exact) mass is 411 g/mol. The molecule has 2 rings (SSSR count). The molecule has 2 heterocycles. The third-order valence-electron chi connectivity index (χ3n) is 5.58. The Morgan fingerprint density at radius 1 is 1.11 bits per heavy atom. The van der Waals surface area contributed by atoms with Gasteiger partial charge in [-0.1, -0.05) is 27.2 Å². The topological polar surface area (TPSA) is 54.5 Å². The van der Waals surface area contributed by atoms with Gasteiger partial charge in [0, 0.05) is 38.2 Å². The quantitative estimate of drug-likeness (QED) is 0.444. The summed E-state index contributed by atoms with van der Waals surface area (Å²) in [4.78, 5) is 2.09. The number of morpholine rings is 2. The predicted octanol–water partition coefficient (Wildman–Crippen LogP) is 1.52. The van der Waals surface area contributed by atoms with E-state index in [0.29, 0.717) is 26.2 Å². The van der Waals surface area contributed by atoms with Gasteiger partial charge in [0.15, 0.2) is 0 Å². The molecule has 4 radical (unpaired) electrons. The first-order valence-corrected chi connectivity index (χ1v) is 11.7. The molecule has 2 aliphatic heterocycles. The highest BCUT2D eigenvalue weighted by atomic mass is 31.2. The molecular formula is C18H36B2N3O4P. The van der Waals surface area contributed by atoms with Crippen LogP contribution >= 0.6 is 7.67 Å². The van der Waals surface area contributed by atoms with E-state index in [1.165, 1.54) is 0 Å². The molecule has 2 aliphatic rings. The van der Waals surface area contributed by atoms with Crippen LogP contribution in [0.15, 0.2) is 0 Å². The van der Waals surface area contributed by atoms with Gasteiger partial charge in [-0.05, 0) is 33.0 Å². The zero-order valence-electron chi connectivity index (χ0n) is 18.3. The summed E-state index contributed by atoms with van der Waals surface area (Å²) in [6.07, 6.45) is 1.59. The molecule has 10 heteroatoms. The number of hydrogen-bond donors (Lipinski definition) is 0. The summed E-state index contributed by atoms with van der Waals surface area (Å²) in [6.45, 7) is 9.06. The molecular weight excluding hydrogens is 375 g/mol. The molecule has 0 aromatic rings. The first-order valence-electron chi connectivity index (χ1n) is 10.1. The zero-order chi connectivity index (χ0) is 21.1. The molecule has 5 unspecified atom stereocenters. The van der Waals surface area contributed by atoms with Gasteiger partial charge in [0.05, 0.1) is 18.8 Å². The smallest absolute Gasteiger partial charge is 0.345 e. The Morgan fingerprint density at radius 3 is 2.29 bits per heavy atom. The molecule has 158 valence electrons. The maximum absolute atomic E-state index is 13.8. The number of likely N-dealkylation sites (N-methyl/N-ethyl adjacent to an activating group) is 1. The maximum atomic E-state index is 13.8. The van der Waals surface area contributed by atoms with Crippen molar-refractivity contribution in [1.29, 1.82) is 0 Å². The van der Waals surface area contributed by atoms with Crippen molar-refractivity contribution in [1.82, 2.24) is 14.2 Å². The number of nitrogens with zero attached hydrogens (tertiary/aromatic N) is 3. The van der Waals surface area contributed by atoms with Crippen LogP contribution in [0.2, 0.25) is 0 Å². The van der Waals surface area contributed by atoms with Crippen LogP contribution in [0.4, 0.5) is 0 Å². The van der Waals surface area contributed by atoms with Gasteiger partial charge in [-0.2, -0.15) is 0 Å². The average molecular weight is 411 g/mol.